The van der Waals surface area contributed by atoms with Crippen molar-refractivity contribution in [2.45, 2.75) is 51.2 Å². The zero-order valence-corrected chi connectivity index (χ0v) is 12.9. The third-order valence-corrected chi connectivity index (χ3v) is 3.75. The van der Waals surface area contributed by atoms with E-state index in [0.29, 0.717) is 0 Å². The lowest BCUT2D eigenvalue weighted by atomic mass is 9.96. The fraction of sp³-hybridized carbons (Fsp3) is 0.500. The summed E-state index contributed by atoms with van der Waals surface area (Å²) in [7, 11) is 0. The Labute approximate surface area is 133 Å². The zero-order valence-electron chi connectivity index (χ0n) is 12.9. The van der Waals surface area contributed by atoms with Crippen LogP contribution in [0.3, 0.4) is 0 Å². The van der Waals surface area contributed by atoms with Crippen molar-refractivity contribution in [2.24, 2.45) is 0 Å². The molecule has 1 aliphatic carbocycles. The molecule has 1 atom stereocenters. The van der Waals surface area contributed by atoms with E-state index in [9.17, 15) is 18.4 Å². The quantitative estimate of drug-likeness (QED) is 0.894. The number of benzene rings is 1. The number of amides is 3. The maximum atomic E-state index is 13.1. The summed E-state index contributed by atoms with van der Waals surface area (Å²) in [5, 5.41) is 4.94. The molecule has 3 amide bonds. The first-order valence-electron chi connectivity index (χ1n) is 7.69. The van der Waals surface area contributed by atoms with Crippen molar-refractivity contribution in [3.63, 3.8) is 0 Å². The van der Waals surface area contributed by atoms with Crippen LogP contribution in [0.25, 0.3) is 0 Å². The van der Waals surface area contributed by atoms with Crippen molar-refractivity contribution >= 4 is 11.9 Å². The van der Waals surface area contributed by atoms with Crippen LogP contribution in [0.2, 0.25) is 0 Å². The Balaban J connectivity index is 1.81. The summed E-state index contributed by atoms with van der Waals surface area (Å²) in [6.45, 7) is 1.42. The van der Waals surface area contributed by atoms with E-state index in [1.165, 1.54) is 13.0 Å². The van der Waals surface area contributed by atoms with Gasteiger partial charge in [0.05, 0.1) is 0 Å². The summed E-state index contributed by atoms with van der Waals surface area (Å²) < 4.78 is 31.1. The molecule has 7 heteroatoms. The number of hydrogen-bond donors (Lipinski definition) is 2. The number of carbonyl (C=O) groups is 2. The van der Waals surface area contributed by atoms with Crippen LogP contribution < -0.4 is 15.4 Å². The fourth-order valence-corrected chi connectivity index (χ4v) is 2.49. The summed E-state index contributed by atoms with van der Waals surface area (Å²) >= 11 is 0. The standard InChI is InChI=1S/C16H20F2N2O3/c1-10(23-12-7-8-13(17)14(18)9-12)15(21)20-16(22)19-11-5-3-2-4-6-11/h7-11H,2-6H2,1H3,(H2,19,20,21,22)/t10-/m0/s1. The molecule has 0 radical (unpaired) electrons. The lowest BCUT2D eigenvalue weighted by molar-refractivity contribution is -0.126. The van der Waals surface area contributed by atoms with Gasteiger partial charge in [0.25, 0.3) is 5.91 Å². The van der Waals surface area contributed by atoms with Gasteiger partial charge in [0, 0.05) is 12.1 Å². The molecule has 1 aromatic carbocycles. The maximum absolute atomic E-state index is 13.1. The second-order valence-corrected chi connectivity index (χ2v) is 5.63. The highest BCUT2D eigenvalue weighted by Crippen LogP contribution is 2.18. The Morgan fingerprint density at radius 1 is 1.17 bits per heavy atom. The first-order valence-corrected chi connectivity index (χ1v) is 7.69. The number of halogens is 2. The number of ether oxygens (including phenoxy) is 1. The molecule has 0 bridgehead atoms. The van der Waals surface area contributed by atoms with Gasteiger partial charge in [-0.2, -0.15) is 0 Å². The van der Waals surface area contributed by atoms with Crippen molar-refractivity contribution in [2.75, 3.05) is 0 Å². The molecule has 0 aromatic heterocycles. The highest BCUT2D eigenvalue weighted by Gasteiger charge is 2.21. The van der Waals surface area contributed by atoms with Crippen LogP contribution in [0.4, 0.5) is 13.6 Å². The number of urea groups is 1. The van der Waals surface area contributed by atoms with E-state index in [0.717, 1.165) is 44.2 Å². The minimum Gasteiger partial charge on any atom is -0.481 e. The summed E-state index contributed by atoms with van der Waals surface area (Å²) in [6, 6.07) is 2.48. The molecular weight excluding hydrogens is 306 g/mol. The lowest BCUT2D eigenvalue weighted by Gasteiger charge is -2.23. The molecule has 0 aliphatic heterocycles. The van der Waals surface area contributed by atoms with Gasteiger partial charge in [-0.3, -0.25) is 10.1 Å². The Morgan fingerprint density at radius 3 is 2.52 bits per heavy atom. The van der Waals surface area contributed by atoms with Gasteiger partial charge < -0.3 is 10.1 Å². The third kappa shape index (κ3) is 5.19. The fourth-order valence-electron chi connectivity index (χ4n) is 2.49. The maximum Gasteiger partial charge on any atom is 0.321 e. The molecule has 0 saturated heterocycles. The minimum absolute atomic E-state index is 0.0132. The highest BCUT2D eigenvalue weighted by atomic mass is 19.2. The van der Waals surface area contributed by atoms with Gasteiger partial charge in [0.15, 0.2) is 17.7 Å². The van der Waals surface area contributed by atoms with Crippen LogP contribution in [0.1, 0.15) is 39.0 Å². The Morgan fingerprint density at radius 2 is 1.87 bits per heavy atom. The van der Waals surface area contributed by atoms with Crippen LogP contribution in [-0.2, 0) is 4.79 Å². The molecule has 1 aromatic rings. The monoisotopic (exact) mass is 326 g/mol. The number of carbonyl (C=O) groups excluding carboxylic acids is 2. The smallest absolute Gasteiger partial charge is 0.321 e. The van der Waals surface area contributed by atoms with E-state index in [-0.39, 0.29) is 11.8 Å². The summed E-state index contributed by atoms with van der Waals surface area (Å²) in [6.07, 6.45) is 4.09. The summed E-state index contributed by atoms with van der Waals surface area (Å²) in [4.78, 5) is 23.7. The van der Waals surface area contributed by atoms with Gasteiger partial charge >= 0.3 is 6.03 Å². The van der Waals surface area contributed by atoms with Gasteiger partial charge in [-0.05, 0) is 31.9 Å². The predicted octanol–water partition coefficient (Wildman–Crippen LogP) is 2.89. The molecule has 0 heterocycles. The van der Waals surface area contributed by atoms with Crippen molar-refractivity contribution in [3.05, 3.63) is 29.8 Å². The summed E-state index contributed by atoms with van der Waals surface area (Å²) in [5.41, 5.74) is 0. The average molecular weight is 326 g/mol. The SMILES string of the molecule is C[C@H](Oc1ccc(F)c(F)c1)C(=O)NC(=O)NC1CCCCC1. The van der Waals surface area contributed by atoms with Crippen LogP contribution in [0.5, 0.6) is 5.75 Å². The van der Waals surface area contributed by atoms with E-state index >= 15 is 0 Å². The average Bonchev–Trinajstić information content (AvgIpc) is 2.51. The normalized spacial score (nSPS) is 16.5. The molecule has 1 fully saturated rings. The van der Waals surface area contributed by atoms with Crippen molar-refractivity contribution in [1.29, 1.82) is 0 Å². The highest BCUT2D eigenvalue weighted by molar-refractivity contribution is 5.96. The molecule has 1 saturated carbocycles. The van der Waals surface area contributed by atoms with E-state index in [2.05, 4.69) is 10.6 Å². The van der Waals surface area contributed by atoms with Gasteiger partial charge in [0.2, 0.25) is 0 Å². The van der Waals surface area contributed by atoms with E-state index in [1.54, 1.807) is 0 Å². The van der Waals surface area contributed by atoms with Crippen molar-refractivity contribution in [3.8, 4) is 5.75 Å². The Hall–Kier alpha value is -2.18. The Kier molecular flexibility index (Phi) is 5.90. The predicted molar refractivity (Wildman–Crippen MR) is 80.0 cm³/mol. The minimum atomic E-state index is -1.06. The van der Waals surface area contributed by atoms with E-state index in [4.69, 9.17) is 4.74 Å². The van der Waals surface area contributed by atoms with Crippen LogP contribution in [-0.4, -0.2) is 24.1 Å². The molecule has 23 heavy (non-hydrogen) atoms. The first-order chi connectivity index (χ1) is 11.0. The van der Waals surface area contributed by atoms with E-state index in [1.807, 2.05) is 0 Å². The first kappa shape index (κ1) is 17.2. The molecule has 5 nitrogen and oxygen atoms in total. The molecule has 0 unspecified atom stereocenters. The molecule has 126 valence electrons. The van der Waals surface area contributed by atoms with Crippen molar-refractivity contribution < 1.29 is 23.1 Å². The third-order valence-electron chi connectivity index (χ3n) is 3.75. The zero-order chi connectivity index (χ0) is 16.8. The number of nitrogens with one attached hydrogen (secondary N) is 2. The van der Waals surface area contributed by atoms with Gasteiger partial charge in [-0.25, -0.2) is 13.6 Å². The second kappa shape index (κ2) is 7.89. The molecule has 2 N–H and O–H groups in total. The van der Waals surface area contributed by atoms with Crippen LogP contribution >= 0.6 is 0 Å². The lowest BCUT2D eigenvalue weighted by Crippen LogP contribution is -2.48. The van der Waals surface area contributed by atoms with Gasteiger partial charge in [-0.15, -0.1) is 0 Å². The van der Waals surface area contributed by atoms with Gasteiger partial charge in [-0.1, -0.05) is 19.3 Å². The Bertz CT molecular complexity index is 574. The topological polar surface area (TPSA) is 67.4 Å². The van der Waals surface area contributed by atoms with Crippen LogP contribution in [0, 0.1) is 11.6 Å². The summed E-state index contributed by atoms with van der Waals surface area (Å²) in [5.74, 6) is -2.70. The molecule has 0 spiro atoms. The number of imide groups is 1. The van der Waals surface area contributed by atoms with E-state index < -0.39 is 29.7 Å². The molecular formula is C16H20F2N2O3. The molecule has 2 rings (SSSR count). The molecule has 1 aliphatic rings. The van der Waals surface area contributed by atoms with Crippen LogP contribution in [0.15, 0.2) is 18.2 Å². The van der Waals surface area contributed by atoms with Crippen molar-refractivity contribution in [1.82, 2.24) is 10.6 Å². The van der Waals surface area contributed by atoms with Gasteiger partial charge in [0.1, 0.15) is 5.75 Å². The second-order valence-electron chi connectivity index (χ2n) is 5.63. The number of rotatable bonds is 4. The number of hydrogen-bond acceptors (Lipinski definition) is 3. The largest absolute Gasteiger partial charge is 0.481 e.